The second-order valence-electron chi connectivity index (χ2n) is 5.96. The Morgan fingerprint density at radius 2 is 1.76 bits per heavy atom. The van der Waals surface area contributed by atoms with Crippen molar-refractivity contribution in [3.8, 4) is 11.5 Å². The van der Waals surface area contributed by atoms with Crippen LogP contribution in [0.1, 0.15) is 19.4 Å². The van der Waals surface area contributed by atoms with Gasteiger partial charge in [-0.1, -0.05) is 31.2 Å². The number of carbonyl (C=O) groups excluding carboxylic acids is 1. The maximum absolute atomic E-state index is 12.8. The van der Waals surface area contributed by atoms with E-state index < -0.39 is 0 Å². The Hall–Kier alpha value is -2.53. The van der Waals surface area contributed by atoms with E-state index in [2.05, 4.69) is 11.8 Å². The summed E-state index contributed by atoms with van der Waals surface area (Å²) in [5, 5.41) is 0. The number of nitrogens with zero attached hydrogens (tertiary/aromatic N) is 2. The van der Waals surface area contributed by atoms with Crippen molar-refractivity contribution >= 4 is 11.6 Å². The first-order valence-electron chi connectivity index (χ1n) is 8.67. The van der Waals surface area contributed by atoms with Gasteiger partial charge in [0, 0.05) is 18.8 Å². The standard InChI is InChI=1S/C20H24N2O3/c1-3-21(13-16-10-11-18-19(12-16)25-15-24-18)14-20(23)22(4-2)17-8-6-5-7-9-17/h5-12H,3-4,13-15H2,1-2H3. The van der Waals surface area contributed by atoms with Crippen molar-refractivity contribution in [3.63, 3.8) is 0 Å². The summed E-state index contributed by atoms with van der Waals surface area (Å²) in [6, 6.07) is 15.7. The quantitative estimate of drug-likeness (QED) is 0.776. The van der Waals surface area contributed by atoms with Gasteiger partial charge in [0.1, 0.15) is 0 Å². The van der Waals surface area contributed by atoms with Gasteiger partial charge in [-0.2, -0.15) is 0 Å². The molecule has 0 aliphatic carbocycles. The zero-order valence-electron chi connectivity index (χ0n) is 14.8. The van der Waals surface area contributed by atoms with Crippen molar-refractivity contribution in [1.29, 1.82) is 0 Å². The summed E-state index contributed by atoms with van der Waals surface area (Å²) in [7, 11) is 0. The summed E-state index contributed by atoms with van der Waals surface area (Å²) in [5.41, 5.74) is 2.05. The molecular formula is C20H24N2O3. The Balaban J connectivity index is 1.66. The number of benzene rings is 2. The van der Waals surface area contributed by atoms with Gasteiger partial charge in [0.25, 0.3) is 0 Å². The van der Waals surface area contributed by atoms with Crippen LogP contribution in [0.4, 0.5) is 5.69 Å². The maximum Gasteiger partial charge on any atom is 0.241 e. The fourth-order valence-corrected chi connectivity index (χ4v) is 2.96. The Morgan fingerprint density at radius 3 is 2.48 bits per heavy atom. The molecule has 2 aromatic carbocycles. The van der Waals surface area contributed by atoms with Gasteiger partial charge in [0.2, 0.25) is 12.7 Å². The fraction of sp³-hybridized carbons (Fsp3) is 0.350. The molecule has 5 heteroatoms. The highest BCUT2D eigenvalue weighted by Crippen LogP contribution is 2.32. The van der Waals surface area contributed by atoms with Crippen LogP contribution in [0, 0.1) is 0 Å². The van der Waals surface area contributed by atoms with Gasteiger partial charge >= 0.3 is 0 Å². The Bertz CT molecular complexity index is 718. The van der Waals surface area contributed by atoms with Gasteiger partial charge < -0.3 is 14.4 Å². The average molecular weight is 340 g/mol. The van der Waals surface area contributed by atoms with E-state index in [1.54, 1.807) is 0 Å². The first-order chi connectivity index (χ1) is 12.2. The summed E-state index contributed by atoms with van der Waals surface area (Å²) in [6.45, 7) is 6.88. The zero-order chi connectivity index (χ0) is 17.6. The van der Waals surface area contributed by atoms with Crippen molar-refractivity contribution in [2.24, 2.45) is 0 Å². The monoisotopic (exact) mass is 340 g/mol. The molecule has 0 radical (unpaired) electrons. The third-order valence-corrected chi connectivity index (χ3v) is 4.33. The third-order valence-electron chi connectivity index (χ3n) is 4.33. The van der Waals surface area contributed by atoms with E-state index in [-0.39, 0.29) is 12.7 Å². The minimum atomic E-state index is 0.108. The van der Waals surface area contributed by atoms with Gasteiger partial charge in [-0.25, -0.2) is 0 Å². The van der Waals surface area contributed by atoms with E-state index in [9.17, 15) is 4.79 Å². The molecule has 0 saturated heterocycles. The number of ether oxygens (including phenoxy) is 2. The molecule has 0 aromatic heterocycles. The normalized spacial score (nSPS) is 12.4. The number of hydrogen-bond donors (Lipinski definition) is 0. The lowest BCUT2D eigenvalue weighted by atomic mass is 10.2. The van der Waals surface area contributed by atoms with Crippen LogP contribution in [0.2, 0.25) is 0 Å². The molecular weight excluding hydrogens is 316 g/mol. The molecule has 0 saturated carbocycles. The van der Waals surface area contributed by atoms with Crippen molar-refractivity contribution in [3.05, 3.63) is 54.1 Å². The number of hydrogen-bond acceptors (Lipinski definition) is 4. The van der Waals surface area contributed by atoms with Crippen LogP contribution in [0.15, 0.2) is 48.5 Å². The molecule has 1 aliphatic heterocycles. The lowest BCUT2D eigenvalue weighted by Crippen LogP contribution is -2.40. The third kappa shape index (κ3) is 4.12. The molecule has 3 rings (SSSR count). The van der Waals surface area contributed by atoms with Crippen molar-refractivity contribution in [2.45, 2.75) is 20.4 Å². The smallest absolute Gasteiger partial charge is 0.241 e. The topological polar surface area (TPSA) is 42.0 Å². The summed E-state index contributed by atoms with van der Waals surface area (Å²) in [4.78, 5) is 16.7. The van der Waals surface area contributed by atoms with Crippen LogP contribution >= 0.6 is 0 Å². The van der Waals surface area contributed by atoms with E-state index in [1.807, 2.05) is 60.4 Å². The minimum absolute atomic E-state index is 0.108. The van der Waals surface area contributed by atoms with E-state index in [4.69, 9.17) is 9.47 Å². The maximum atomic E-state index is 12.8. The van der Waals surface area contributed by atoms with E-state index in [1.165, 1.54) is 0 Å². The number of fused-ring (bicyclic) bond motifs is 1. The van der Waals surface area contributed by atoms with Crippen molar-refractivity contribution in [2.75, 3.05) is 31.3 Å². The van der Waals surface area contributed by atoms with Crippen LogP contribution in [0.5, 0.6) is 11.5 Å². The highest BCUT2D eigenvalue weighted by atomic mass is 16.7. The van der Waals surface area contributed by atoms with Crippen molar-refractivity contribution < 1.29 is 14.3 Å². The lowest BCUT2D eigenvalue weighted by Gasteiger charge is -2.26. The number of para-hydroxylation sites is 1. The molecule has 132 valence electrons. The number of amides is 1. The molecule has 1 aliphatic rings. The van der Waals surface area contributed by atoms with Gasteiger partial charge in [-0.05, 0) is 43.3 Å². The molecule has 0 spiro atoms. The largest absolute Gasteiger partial charge is 0.454 e. The Labute approximate surface area is 148 Å². The fourth-order valence-electron chi connectivity index (χ4n) is 2.96. The lowest BCUT2D eigenvalue weighted by molar-refractivity contribution is -0.119. The molecule has 0 bridgehead atoms. The van der Waals surface area contributed by atoms with E-state index in [0.717, 1.165) is 29.3 Å². The number of carbonyl (C=O) groups is 1. The highest BCUT2D eigenvalue weighted by Gasteiger charge is 2.18. The average Bonchev–Trinajstić information content (AvgIpc) is 3.10. The van der Waals surface area contributed by atoms with Gasteiger partial charge in [-0.15, -0.1) is 0 Å². The molecule has 5 nitrogen and oxygen atoms in total. The van der Waals surface area contributed by atoms with Gasteiger partial charge in [0.05, 0.1) is 6.54 Å². The van der Waals surface area contributed by atoms with Crippen LogP contribution in [0.3, 0.4) is 0 Å². The molecule has 2 aromatic rings. The molecule has 0 unspecified atom stereocenters. The predicted octanol–water partition coefficient (Wildman–Crippen LogP) is 3.29. The van der Waals surface area contributed by atoms with Gasteiger partial charge in [0.15, 0.2) is 11.5 Å². The molecule has 0 atom stereocenters. The molecule has 0 fully saturated rings. The second-order valence-corrected chi connectivity index (χ2v) is 5.96. The summed E-state index contributed by atoms with van der Waals surface area (Å²) < 4.78 is 10.8. The second kappa shape index (κ2) is 8.03. The number of rotatable bonds is 7. The molecule has 25 heavy (non-hydrogen) atoms. The van der Waals surface area contributed by atoms with E-state index in [0.29, 0.717) is 19.6 Å². The first-order valence-corrected chi connectivity index (χ1v) is 8.67. The number of likely N-dealkylation sites (N-methyl/N-ethyl adjacent to an activating group) is 2. The summed E-state index contributed by atoms with van der Waals surface area (Å²) in [5.74, 6) is 1.67. The minimum Gasteiger partial charge on any atom is -0.454 e. The molecule has 0 N–H and O–H groups in total. The van der Waals surface area contributed by atoms with Crippen LogP contribution in [-0.4, -0.2) is 37.2 Å². The Morgan fingerprint density at radius 1 is 1.00 bits per heavy atom. The van der Waals surface area contributed by atoms with Crippen LogP contribution < -0.4 is 14.4 Å². The molecule has 1 heterocycles. The summed E-state index contributed by atoms with van der Waals surface area (Å²) in [6.07, 6.45) is 0. The number of anilines is 1. The van der Waals surface area contributed by atoms with Crippen molar-refractivity contribution in [1.82, 2.24) is 4.90 Å². The molecule has 1 amide bonds. The summed E-state index contributed by atoms with van der Waals surface area (Å²) >= 11 is 0. The van der Waals surface area contributed by atoms with Crippen LogP contribution in [-0.2, 0) is 11.3 Å². The van der Waals surface area contributed by atoms with E-state index >= 15 is 0 Å². The predicted molar refractivity (Wildman–Crippen MR) is 98.0 cm³/mol. The highest BCUT2D eigenvalue weighted by molar-refractivity contribution is 5.94. The first kappa shape index (κ1) is 17.3. The van der Waals surface area contributed by atoms with Crippen LogP contribution in [0.25, 0.3) is 0 Å². The Kier molecular flexibility index (Phi) is 5.56. The van der Waals surface area contributed by atoms with Gasteiger partial charge in [-0.3, -0.25) is 9.69 Å². The SMILES string of the molecule is CCN(CC(=O)N(CC)c1ccccc1)Cc1ccc2c(c1)OCO2. The zero-order valence-corrected chi connectivity index (χ0v) is 14.8.